The summed E-state index contributed by atoms with van der Waals surface area (Å²) in [6.07, 6.45) is 0. The van der Waals surface area contributed by atoms with Crippen molar-refractivity contribution in [3.8, 4) is 0 Å². The second-order valence-electron chi connectivity index (χ2n) is 4.06. The number of thioether (sulfide) groups is 1. The van der Waals surface area contributed by atoms with E-state index in [1.807, 2.05) is 0 Å². The zero-order chi connectivity index (χ0) is 15.2. The van der Waals surface area contributed by atoms with Crippen molar-refractivity contribution in [2.45, 2.75) is 5.16 Å². The maximum Gasteiger partial charge on any atom is 0.269 e. The topological polar surface area (TPSA) is 115 Å². The van der Waals surface area contributed by atoms with Crippen LogP contribution in [0.25, 0.3) is 0 Å². The van der Waals surface area contributed by atoms with Crippen molar-refractivity contribution in [2.75, 3.05) is 11.5 Å². The van der Waals surface area contributed by atoms with Gasteiger partial charge >= 0.3 is 0 Å². The number of rotatable bonds is 4. The third-order valence-corrected chi connectivity index (χ3v) is 3.57. The van der Waals surface area contributed by atoms with Gasteiger partial charge in [0.15, 0.2) is 5.16 Å². The van der Waals surface area contributed by atoms with Crippen LogP contribution in [0.4, 0.5) is 5.95 Å². The highest BCUT2D eigenvalue weighted by Crippen LogP contribution is 2.15. The SMILES string of the molecule is Cn1c(N)nnc1SCC(=O)NNC(=O)c1ccccc1. The molecule has 0 saturated carbocycles. The van der Waals surface area contributed by atoms with Crippen molar-refractivity contribution in [1.29, 1.82) is 0 Å². The first-order chi connectivity index (χ1) is 10.1. The standard InChI is InChI=1S/C12H14N6O2S/c1-18-11(13)16-17-12(18)21-7-9(19)14-15-10(20)8-5-3-2-4-6-8/h2-6H,7H2,1H3,(H2,13,16)(H,14,19)(H,15,20). The third kappa shape index (κ3) is 3.96. The Kier molecular flexibility index (Phi) is 4.77. The lowest BCUT2D eigenvalue weighted by molar-refractivity contribution is -0.119. The number of hydrogen-bond donors (Lipinski definition) is 3. The molecule has 0 unspecified atom stereocenters. The number of benzene rings is 1. The Hall–Kier alpha value is -2.55. The molecular formula is C12H14N6O2S. The summed E-state index contributed by atoms with van der Waals surface area (Å²) in [6, 6.07) is 8.59. The van der Waals surface area contributed by atoms with Gasteiger partial charge in [-0.2, -0.15) is 0 Å². The number of nitrogens with zero attached hydrogens (tertiary/aromatic N) is 3. The summed E-state index contributed by atoms with van der Waals surface area (Å²) in [6.45, 7) is 0. The lowest BCUT2D eigenvalue weighted by Crippen LogP contribution is -2.42. The molecule has 1 aromatic heterocycles. The van der Waals surface area contributed by atoms with Crippen LogP contribution in [0.5, 0.6) is 0 Å². The van der Waals surface area contributed by atoms with Gasteiger partial charge < -0.3 is 5.73 Å². The van der Waals surface area contributed by atoms with E-state index in [9.17, 15) is 9.59 Å². The first kappa shape index (κ1) is 14.9. The van der Waals surface area contributed by atoms with E-state index >= 15 is 0 Å². The van der Waals surface area contributed by atoms with Gasteiger partial charge in [-0.3, -0.25) is 25.0 Å². The Bertz CT molecular complexity index is 642. The summed E-state index contributed by atoms with van der Waals surface area (Å²) in [7, 11) is 1.70. The lowest BCUT2D eigenvalue weighted by atomic mass is 10.2. The first-order valence-corrected chi connectivity index (χ1v) is 6.98. The van der Waals surface area contributed by atoms with Crippen LogP contribution in [0.3, 0.4) is 0 Å². The molecule has 1 heterocycles. The number of anilines is 1. The highest BCUT2D eigenvalue weighted by Gasteiger charge is 2.10. The molecule has 4 N–H and O–H groups in total. The van der Waals surface area contributed by atoms with E-state index in [-0.39, 0.29) is 23.5 Å². The summed E-state index contributed by atoms with van der Waals surface area (Å²) < 4.78 is 1.57. The third-order valence-electron chi connectivity index (χ3n) is 2.55. The number of nitrogen functional groups attached to an aromatic ring is 1. The van der Waals surface area contributed by atoms with Crippen molar-refractivity contribution in [2.24, 2.45) is 7.05 Å². The summed E-state index contributed by atoms with van der Waals surface area (Å²) in [5, 5.41) is 8.02. The van der Waals surface area contributed by atoms with Gasteiger partial charge in [-0.1, -0.05) is 30.0 Å². The molecule has 2 amide bonds. The monoisotopic (exact) mass is 306 g/mol. The molecule has 0 atom stereocenters. The largest absolute Gasteiger partial charge is 0.368 e. The molecule has 1 aromatic carbocycles. The Morgan fingerprint density at radius 2 is 1.95 bits per heavy atom. The lowest BCUT2D eigenvalue weighted by Gasteiger charge is -2.07. The highest BCUT2D eigenvalue weighted by molar-refractivity contribution is 7.99. The van der Waals surface area contributed by atoms with Gasteiger partial charge in [0.05, 0.1) is 5.75 Å². The van der Waals surface area contributed by atoms with E-state index in [0.717, 1.165) is 0 Å². The highest BCUT2D eigenvalue weighted by atomic mass is 32.2. The second kappa shape index (κ2) is 6.75. The van der Waals surface area contributed by atoms with E-state index in [2.05, 4.69) is 21.0 Å². The molecule has 9 heteroatoms. The van der Waals surface area contributed by atoms with Gasteiger partial charge in [-0.15, -0.1) is 10.2 Å². The predicted octanol–water partition coefficient (Wildman–Crippen LogP) is -0.0494. The zero-order valence-corrected chi connectivity index (χ0v) is 12.1. The summed E-state index contributed by atoms with van der Waals surface area (Å²) in [5.74, 6) is -0.376. The van der Waals surface area contributed by atoms with Gasteiger partial charge in [0.25, 0.3) is 5.91 Å². The first-order valence-electron chi connectivity index (χ1n) is 6.00. The van der Waals surface area contributed by atoms with Crippen LogP contribution < -0.4 is 16.6 Å². The van der Waals surface area contributed by atoms with E-state index in [1.54, 1.807) is 41.9 Å². The van der Waals surface area contributed by atoms with E-state index in [0.29, 0.717) is 10.7 Å². The summed E-state index contributed by atoms with van der Waals surface area (Å²) >= 11 is 1.17. The van der Waals surface area contributed by atoms with Crippen molar-refractivity contribution in [1.82, 2.24) is 25.6 Å². The Morgan fingerprint density at radius 1 is 1.24 bits per heavy atom. The van der Waals surface area contributed by atoms with Crippen LogP contribution in [-0.2, 0) is 11.8 Å². The number of hydrazine groups is 1. The van der Waals surface area contributed by atoms with Crippen LogP contribution in [0.2, 0.25) is 0 Å². The smallest absolute Gasteiger partial charge is 0.269 e. The Labute approximate surface area is 125 Å². The number of hydrogen-bond acceptors (Lipinski definition) is 6. The van der Waals surface area contributed by atoms with Crippen LogP contribution in [0, 0.1) is 0 Å². The number of carbonyl (C=O) groups is 2. The molecule has 2 rings (SSSR count). The van der Waals surface area contributed by atoms with E-state index in [4.69, 9.17) is 5.73 Å². The predicted molar refractivity (Wildman–Crippen MR) is 78.2 cm³/mol. The minimum Gasteiger partial charge on any atom is -0.368 e. The minimum atomic E-state index is -0.378. The molecule has 0 spiro atoms. The fourth-order valence-electron chi connectivity index (χ4n) is 1.41. The van der Waals surface area contributed by atoms with E-state index < -0.39 is 0 Å². The zero-order valence-electron chi connectivity index (χ0n) is 11.2. The van der Waals surface area contributed by atoms with Crippen molar-refractivity contribution < 1.29 is 9.59 Å². The number of amides is 2. The van der Waals surface area contributed by atoms with E-state index in [1.165, 1.54) is 11.8 Å². The molecule has 2 aromatic rings. The summed E-state index contributed by atoms with van der Waals surface area (Å²) in [4.78, 5) is 23.3. The fourth-order valence-corrected chi connectivity index (χ4v) is 2.12. The minimum absolute atomic E-state index is 0.0844. The van der Waals surface area contributed by atoms with Gasteiger partial charge in [-0.05, 0) is 12.1 Å². The molecule has 0 fully saturated rings. The van der Waals surface area contributed by atoms with Gasteiger partial charge in [-0.25, -0.2) is 0 Å². The van der Waals surface area contributed by atoms with Crippen molar-refractivity contribution in [3.63, 3.8) is 0 Å². The fraction of sp³-hybridized carbons (Fsp3) is 0.167. The quantitative estimate of drug-likeness (QED) is 0.539. The number of nitrogens with one attached hydrogen (secondary N) is 2. The Morgan fingerprint density at radius 3 is 2.57 bits per heavy atom. The van der Waals surface area contributed by atoms with Crippen LogP contribution in [0.15, 0.2) is 35.5 Å². The molecule has 110 valence electrons. The van der Waals surface area contributed by atoms with Gasteiger partial charge in [0, 0.05) is 12.6 Å². The molecule has 0 aliphatic rings. The molecule has 0 aliphatic heterocycles. The molecule has 8 nitrogen and oxygen atoms in total. The van der Waals surface area contributed by atoms with Crippen LogP contribution in [-0.4, -0.2) is 32.3 Å². The Balaban J connectivity index is 1.78. The molecule has 0 radical (unpaired) electrons. The second-order valence-corrected chi connectivity index (χ2v) is 5.00. The van der Waals surface area contributed by atoms with Gasteiger partial charge in [0.1, 0.15) is 0 Å². The number of aromatic nitrogens is 3. The van der Waals surface area contributed by atoms with Crippen molar-refractivity contribution in [3.05, 3.63) is 35.9 Å². The molecule has 0 bridgehead atoms. The number of carbonyl (C=O) groups excluding carboxylic acids is 2. The maximum atomic E-state index is 11.7. The summed E-state index contributed by atoms with van der Waals surface area (Å²) in [5.41, 5.74) is 10.7. The molecule has 21 heavy (non-hydrogen) atoms. The average molecular weight is 306 g/mol. The normalized spacial score (nSPS) is 10.1. The molecule has 0 saturated heterocycles. The number of nitrogens with two attached hydrogens (primary N) is 1. The molecular weight excluding hydrogens is 292 g/mol. The maximum absolute atomic E-state index is 11.7. The van der Waals surface area contributed by atoms with Crippen molar-refractivity contribution >= 4 is 29.5 Å². The average Bonchev–Trinajstić information content (AvgIpc) is 2.83. The molecule has 0 aliphatic carbocycles. The van der Waals surface area contributed by atoms with Gasteiger partial charge in [0.2, 0.25) is 11.9 Å². The van der Waals surface area contributed by atoms with Crippen LogP contribution in [0.1, 0.15) is 10.4 Å². The van der Waals surface area contributed by atoms with Crippen LogP contribution >= 0.6 is 11.8 Å².